The van der Waals surface area contributed by atoms with Gasteiger partial charge < -0.3 is 24.7 Å². The molecule has 1 aromatic carbocycles. The molecule has 1 aliphatic heterocycles. The van der Waals surface area contributed by atoms with Gasteiger partial charge in [0, 0.05) is 32.1 Å². The first-order chi connectivity index (χ1) is 11.6. The van der Waals surface area contributed by atoms with Crippen molar-refractivity contribution in [3.8, 4) is 11.5 Å². The van der Waals surface area contributed by atoms with Crippen LogP contribution in [0.15, 0.2) is 18.2 Å². The minimum atomic E-state index is -1.09. The van der Waals surface area contributed by atoms with Crippen LogP contribution in [0.25, 0.3) is 0 Å². The first kappa shape index (κ1) is 18.9. The number of carbonyl (C=O) groups excluding carboxylic acids is 2. The van der Waals surface area contributed by atoms with E-state index in [-0.39, 0.29) is 19.8 Å². The Bertz CT molecular complexity index is 661. The van der Waals surface area contributed by atoms with Gasteiger partial charge in [-0.2, -0.15) is 0 Å². The summed E-state index contributed by atoms with van der Waals surface area (Å²) in [5.41, 5.74) is 4.27. The quantitative estimate of drug-likeness (QED) is 0.463. The van der Waals surface area contributed by atoms with Crippen molar-refractivity contribution in [3.63, 3.8) is 0 Å². The van der Waals surface area contributed by atoms with Crippen LogP contribution in [-0.4, -0.2) is 43.0 Å². The summed E-state index contributed by atoms with van der Waals surface area (Å²) in [6.45, 7) is 6.34. The van der Waals surface area contributed by atoms with E-state index < -0.39 is 23.3 Å². The topological polar surface area (TPSA) is 109 Å². The van der Waals surface area contributed by atoms with Crippen LogP contribution in [0.5, 0.6) is 11.5 Å². The van der Waals surface area contributed by atoms with E-state index in [2.05, 4.69) is 5.32 Å². The molecule has 0 aromatic heterocycles. The molecule has 8 heteroatoms. The maximum Gasteiger partial charge on any atom is 0.304 e. The largest absolute Gasteiger partial charge is 0.485 e. The Labute approximate surface area is 146 Å². The first-order valence-electron chi connectivity index (χ1n) is 7.90. The molecule has 2 rings (SSSR count). The number of anilines is 1. The van der Waals surface area contributed by atoms with Crippen molar-refractivity contribution < 1.29 is 28.5 Å². The van der Waals surface area contributed by atoms with E-state index >= 15 is 0 Å². The highest BCUT2D eigenvalue weighted by molar-refractivity contribution is 5.67. The van der Waals surface area contributed by atoms with Crippen molar-refractivity contribution in [2.75, 3.05) is 25.5 Å². The molecule has 25 heavy (non-hydrogen) atoms. The van der Waals surface area contributed by atoms with Gasteiger partial charge in [0.1, 0.15) is 13.2 Å². The zero-order valence-electron chi connectivity index (χ0n) is 14.9. The molecule has 1 aromatic rings. The molecule has 0 saturated heterocycles. The molecule has 0 fully saturated rings. The summed E-state index contributed by atoms with van der Waals surface area (Å²) in [4.78, 5) is 22.8. The van der Waals surface area contributed by atoms with Gasteiger partial charge in [-0.1, -0.05) is 0 Å². The Morgan fingerprint density at radius 2 is 1.84 bits per heavy atom. The lowest BCUT2D eigenvalue weighted by atomic mass is 10.1. The summed E-state index contributed by atoms with van der Waals surface area (Å²) in [5, 5.41) is 3.07. The van der Waals surface area contributed by atoms with Crippen LogP contribution in [-0.2, 0) is 19.1 Å². The highest BCUT2D eigenvalue weighted by atomic mass is 16.6. The van der Waals surface area contributed by atoms with Gasteiger partial charge in [-0.05, 0) is 26.0 Å². The molecule has 1 atom stereocenters. The highest BCUT2D eigenvalue weighted by Gasteiger charge is 2.40. The molecule has 1 aliphatic rings. The summed E-state index contributed by atoms with van der Waals surface area (Å²) < 4.78 is 22.2. The van der Waals surface area contributed by atoms with E-state index in [0.717, 1.165) is 0 Å². The van der Waals surface area contributed by atoms with Gasteiger partial charge in [0.15, 0.2) is 22.8 Å². The molecule has 1 unspecified atom stereocenters. The molecular weight excluding hydrogens is 328 g/mol. The third-order valence-corrected chi connectivity index (χ3v) is 3.54. The number of fused-ring (bicyclic) bond motifs is 1. The maximum atomic E-state index is 11.6. The molecule has 8 nitrogen and oxygen atoms in total. The van der Waals surface area contributed by atoms with E-state index in [1.807, 2.05) is 0 Å². The van der Waals surface area contributed by atoms with Crippen molar-refractivity contribution in [2.24, 2.45) is 0 Å². The zero-order valence-corrected chi connectivity index (χ0v) is 14.9. The smallest absolute Gasteiger partial charge is 0.304 e. The molecule has 138 valence electrons. The number of carbonyl (C=O) groups is 2. The number of rotatable bonds is 5. The van der Waals surface area contributed by atoms with Gasteiger partial charge in [-0.15, -0.1) is 0 Å². The Kier molecular flexibility index (Phi) is 5.42. The average molecular weight is 352 g/mol. The number of hydrogen-bond acceptors (Lipinski definition) is 8. The zero-order chi connectivity index (χ0) is 18.7. The Balaban J connectivity index is 2.16. The minimum absolute atomic E-state index is 0.0617. The van der Waals surface area contributed by atoms with Crippen LogP contribution in [0, 0.1) is 0 Å². The summed E-state index contributed by atoms with van der Waals surface area (Å²) in [6, 6.07) is 5.04. The Morgan fingerprint density at radius 1 is 1.20 bits per heavy atom. The number of benzene rings is 1. The van der Waals surface area contributed by atoms with Crippen molar-refractivity contribution >= 4 is 17.6 Å². The molecular formula is C17H24N2O6. The summed E-state index contributed by atoms with van der Waals surface area (Å²) in [7, 11) is 0. The fourth-order valence-corrected chi connectivity index (χ4v) is 2.49. The summed E-state index contributed by atoms with van der Waals surface area (Å²) in [6.07, 6.45) is 0. The van der Waals surface area contributed by atoms with Gasteiger partial charge in [0.05, 0.1) is 0 Å². The number of nitrogen functional groups attached to an aromatic ring is 1. The van der Waals surface area contributed by atoms with Crippen molar-refractivity contribution in [1.82, 2.24) is 5.32 Å². The summed E-state index contributed by atoms with van der Waals surface area (Å²) >= 11 is 0. The first-order valence-corrected chi connectivity index (χ1v) is 7.90. The summed E-state index contributed by atoms with van der Waals surface area (Å²) in [5.74, 6) is 0.107. The second kappa shape index (κ2) is 7.18. The molecule has 0 bridgehead atoms. The minimum Gasteiger partial charge on any atom is -0.485 e. The van der Waals surface area contributed by atoms with Gasteiger partial charge in [0.25, 0.3) is 0 Å². The molecule has 0 radical (unpaired) electrons. The lowest BCUT2D eigenvalue weighted by Crippen LogP contribution is -2.57. The predicted molar refractivity (Wildman–Crippen MR) is 90.2 cm³/mol. The molecule has 0 spiro atoms. The number of esters is 2. The Morgan fingerprint density at radius 3 is 2.44 bits per heavy atom. The molecule has 0 amide bonds. The van der Waals surface area contributed by atoms with Crippen molar-refractivity contribution in [3.05, 3.63) is 18.2 Å². The van der Waals surface area contributed by atoms with E-state index in [9.17, 15) is 9.59 Å². The third kappa shape index (κ3) is 5.25. The molecule has 0 aliphatic carbocycles. The lowest BCUT2D eigenvalue weighted by molar-refractivity contribution is -0.169. The predicted octanol–water partition coefficient (Wildman–Crippen LogP) is 1.23. The van der Waals surface area contributed by atoms with E-state index in [4.69, 9.17) is 24.7 Å². The van der Waals surface area contributed by atoms with Crippen LogP contribution >= 0.6 is 0 Å². The number of hydrogen-bond donors (Lipinski definition) is 2. The SMILES string of the molecule is CC(=O)OC1(CNC(C)(C)OC(C)=O)COc2ccc(N)cc2OC1. The third-order valence-electron chi connectivity index (χ3n) is 3.54. The van der Waals surface area contributed by atoms with Crippen molar-refractivity contribution in [2.45, 2.75) is 39.0 Å². The van der Waals surface area contributed by atoms with Crippen LogP contribution in [0.4, 0.5) is 5.69 Å². The van der Waals surface area contributed by atoms with E-state index in [0.29, 0.717) is 17.2 Å². The van der Waals surface area contributed by atoms with Crippen LogP contribution in [0.2, 0.25) is 0 Å². The fraction of sp³-hybridized carbons (Fsp3) is 0.529. The van der Waals surface area contributed by atoms with Crippen LogP contribution in [0.1, 0.15) is 27.7 Å². The monoisotopic (exact) mass is 352 g/mol. The highest BCUT2D eigenvalue weighted by Crippen LogP contribution is 2.34. The molecule has 0 saturated carbocycles. The van der Waals surface area contributed by atoms with E-state index in [1.54, 1.807) is 32.0 Å². The van der Waals surface area contributed by atoms with Gasteiger partial charge in [0.2, 0.25) is 0 Å². The fourth-order valence-electron chi connectivity index (χ4n) is 2.49. The number of ether oxygens (including phenoxy) is 4. The number of nitrogens with two attached hydrogens (primary N) is 1. The average Bonchev–Trinajstić information content (AvgIpc) is 2.64. The van der Waals surface area contributed by atoms with Gasteiger partial charge in [-0.25, -0.2) is 0 Å². The standard InChI is InChI=1S/C17H24N2O6/c1-11(20)24-16(3,4)19-8-17(25-12(2)21)9-22-14-6-5-13(18)7-15(14)23-10-17/h5-7,19H,8-10,18H2,1-4H3. The maximum absolute atomic E-state index is 11.6. The van der Waals surface area contributed by atoms with Gasteiger partial charge in [-0.3, -0.25) is 14.9 Å². The molecule has 3 N–H and O–H groups in total. The second-order valence-corrected chi connectivity index (χ2v) is 6.52. The molecule has 1 heterocycles. The lowest BCUT2D eigenvalue weighted by Gasteiger charge is -2.34. The van der Waals surface area contributed by atoms with Crippen LogP contribution in [0.3, 0.4) is 0 Å². The van der Waals surface area contributed by atoms with Gasteiger partial charge >= 0.3 is 11.9 Å². The second-order valence-electron chi connectivity index (χ2n) is 6.52. The Hall–Kier alpha value is -2.48. The van der Waals surface area contributed by atoms with Crippen LogP contribution < -0.4 is 20.5 Å². The number of nitrogens with one attached hydrogen (secondary N) is 1. The van der Waals surface area contributed by atoms with Crippen molar-refractivity contribution in [1.29, 1.82) is 0 Å². The van der Waals surface area contributed by atoms with E-state index in [1.165, 1.54) is 13.8 Å². The normalized spacial score (nSPS) is 19.7.